The van der Waals surface area contributed by atoms with Crippen molar-refractivity contribution < 1.29 is 13.5 Å². The average molecular weight is 269 g/mol. The van der Waals surface area contributed by atoms with Gasteiger partial charge in [-0.2, -0.15) is 0 Å². The first-order valence-corrected chi connectivity index (χ1v) is 6.42. The molecule has 1 rings (SSSR count). The van der Waals surface area contributed by atoms with Gasteiger partial charge in [0.2, 0.25) is 0 Å². The van der Waals surface area contributed by atoms with E-state index in [1.165, 1.54) is 0 Å². The normalized spacial score (nSPS) is 12.4. The third-order valence-corrected chi connectivity index (χ3v) is 2.89. The third kappa shape index (κ3) is 4.01. The Balaban J connectivity index is 3.34. The Morgan fingerprint density at radius 1 is 1.42 bits per heavy atom. The number of ether oxygens (including phenoxy) is 1. The highest BCUT2D eigenvalue weighted by Crippen LogP contribution is 2.33. The molecule has 0 aliphatic carbocycles. The first kappa shape index (κ1) is 15.6. The van der Waals surface area contributed by atoms with E-state index in [1.54, 1.807) is 0 Å². The maximum Gasteiger partial charge on any atom is 0.272 e. The van der Waals surface area contributed by atoms with E-state index in [-0.39, 0.29) is 5.92 Å². The number of hydrogen-bond donors (Lipinski definition) is 0. The monoisotopic (exact) mass is 269 g/mol. The lowest BCUT2D eigenvalue weighted by molar-refractivity contribution is 0.0809. The van der Waals surface area contributed by atoms with Gasteiger partial charge in [-0.3, -0.25) is 4.98 Å². The summed E-state index contributed by atoms with van der Waals surface area (Å²) in [6, 6.07) is 1.88. The maximum absolute atomic E-state index is 12.4. The van der Waals surface area contributed by atoms with Gasteiger partial charge in [-0.05, 0) is 38.3 Å². The second-order valence-corrected chi connectivity index (χ2v) is 4.85. The number of halogens is 2. The van der Waals surface area contributed by atoms with E-state index in [4.69, 9.17) is 4.74 Å². The fourth-order valence-corrected chi connectivity index (χ4v) is 1.82. The van der Waals surface area contributed by atoms with E-state index < -0.39 is 13.0 Å². The van der Waals surface area contributed by atoms with Crippen molar-refractivity contribution in [3.8, 4) is 5.75 Å². The molecule has 1 aromatic rings. The molecule has 0 saturated carbocycles. The summed E-state index contributed by atoms with van der Waals surface area (Å²) in [7, 11) is 0. The fraction of sp³-hybridized carbons (Fsp3) is 0.533. The fourth-order valence-electron chi connectivity index (χ4n) is 1.82. The standard InChI is InChI=1S/C15H21F2NO/c1-6-10(4)12-7-11(5)18-14(9(2)3)15(12)19-8-13(16)17/h6-7,9,13H,8H2,1-5H3/b10-6-. The number of hydrogen-bond acceptors (Lipinski definition) is 2. The lowest BCUT2D eigenvalue weighted by Gasteiger charge is -2.18. The zero-order valence-corrected chi connectivity index (χ0v) is 12.1. The number of pyridine rings is 1. The van der Waals surface area contributed by atoms with E-state index in [0.29, 0.717) is 5.75 Å². The van der Waals surface area contributed by atoms with Gasteiger partial charge in [-0.25, -0.2) is 8.78 Å². The lowest BCUT2D eigenvalue weighted by Crippen LogP contribution is -2.12. The zero-order valence-electron chi connectivity index (χ0n) is 12.1. The number of aryl methyl sites for hydroxylation is 1. The topological polar surface area (TPSA) is 22.1 Å². The maximum atomic E-state index is 12.4. The molecule has 1 heterocycles. The number of allylic oxidation sites excluding steroid dienone is 2. The van der Waals surface area contributed by atoms with E-state index >= 15 is 0 Å². The van der Waals surface area contributed by atoms with E-state index in [2.05, 4.69) is 4.98 Å². The summed E-state index contributed by atoms with van der Waals surface area (Å²) in [5.74, 6) is 0.604. The van der Waals surface area contributed by atoms with Crippen LogP contribution in [0.1, 0.15) is 50.6 Å². The predicted octanol–water partition coefficient (Wildman–Crippen LogP) is 4.58. The number of alkyl halides is 2. The highest BCUT2D eigenvalue weighted by atomic mass is 19.3. The molecular weight excluding hydrogens is 248 g/mol. The molecule has 0 unspecified atom stereocenters. The minimum Gasteiger partial charge on any atom is -0.485 e. The lowest BCUT2D eigenvalue weighted by atomic mass is 10.00. The first-order chi connectivity index (χ1) is 8.86. The van der Waals surface area contributed by atoms with Crippen LogP contribution in [0.2, 0.25) is 0 Å². The van der Waals surface area contributed by atoms with Crippen molar-refractivity contribution in [2.75, 3.05) is 6.61 Å². The van der Waals surface area contributed by atoms with Gasteiger partial charge >= 0.3 is 0 Å². The van der Waals surface area contributed by atoms with Crippen LogP contribution < -0.4 is 4.74 Å². The SMILES string of the molecule is C/C=C(/C)c1cc(C)nc(C(C)C)c1OCC(F)F. The molecule has 0 aliphatic heterocycles. The predicted molar refractivity (Wildman–Crippen MR) is 73.9 cm³/mol. The Hall–Kier alpha value is -1.45. The molecule has 0 aromatic carbocycles. The molecule has 0 spiro atoms. The largest absolute Gasteiger partial charge is 0.485 e. The van der Waals surface area contributed by atoms with Crippen LogP contribution in [0.25, 0.3) is 5.57 Å². The van der Waals surface area contributed by atoms with Crippen LogP contribution in [0.3, 0.4) is 0 Å². The van der Waals surface area contributed by atoms with Gasteiger partial charge in [0.15, 0.2) is 0 Å². The summed E-state index contributed by atoms with van der Waals surface area (Å²) in [4.78, 5) is 4.43. The Labute approximate surface area is 113 Å². The quantitative estimate of drug-likeness (QED) is 0.780. The molecule has 0 aliphatic rings. The van der Waals surface area contributed by atoms with Crippen molar-refractivity contribution in [2.24, 2.45) is 0 Å². The van der Waals surface area contributed by atoms with Gasteiger partial charge in [-0.1, -0.05) is 19.9 Å². The minimum absolute atomic E-state index is 0.121. The Bertz CT molecular complexity index is 467. The second kappa shape index (κ2) is 6.64. The number of nitrogens with zero attached hydrogens (tertiary/aromatic N) is 1. The molecule has 0 atom stereocenters. The first-order valence-electron chi connectivity index (χ1n) is 6.42. The molecule has 0 bridgehead atoms. The summed E-state index contributed by atoms with van der Waals surface area (Å²) in [5, 5.41) is 0. The molecule has 0 amide bonds. The van der Waals surface area contributed by atoms with Crippen LogP contribution in [0.5, 0.6) is 5.75 Å². The third-order valence-electron chi connectivity index (χ3n) is 2.89. The van der Waals surface area contributed by atoms with Crippen molar-refractivity contribution in [1.29, 1.82) is 0 Å². The molecule has 106 valence electrons. The van der Waals surface area contributed by atoms with E-state index in [9.17, 15) is 8.78 Å². The van der Waals surface area contributed by atoms with Crippen molar-refractivity contribution in [2.45, 2.75) is 47.0 Å². The molecule has 19 heavy (non-hydrogen) atoms. The number of rotatable bonds is 5. The van der Waals surface area contributed by atoms with Crippen molar-refractivity contribution >= 4 is 5.57 Å². The second-order valence-electron chi connectivity index (χ2n) is 4.85. The van der Waals surface area contributed by atoms with Gasteiger partial charge < -0.3 is 4.74 Å². The van der Waals surface area contributed by atoms with Crippen molar-refractivity contribution in [3.05, 3.63) is 29.1 Å². The molecule has 2 nitrogen and oxygen atoms in total. The Morgan fingerprint density at radius 2 is 2.05 bits per heavy atom. The summed E-state index contributed by atoms with van der Waals surface area (Å²) < 4.78 is 30.1. The molecule has 0 radical (unpaired) electrons. The summed E-state index contributed by atoms with van der Waals surface area (Å²) in [5.41, 5.74) is 3.44. The average Bonchev–Trinajstić information content (AvgIpc) is 2.34. The van der Waals surface area contributed by atoms with Crippen LogP contribution in [0.15, 0.2) is 12.1 Å². The molecular formula is C15H21F2NO. The van der Waals surface area contributed by atoms with Gasteiger partial charge in [0.05, 0.1) is 5.69 Å². The molecule has 1 aromatic heterocycles. The smallest absolute Gasteiger partial charge is 0.272 e. The van der Waals surface area contributed by atoms with Gasteiger partial charge in [-0.15, -0.1) is 0 Å². The van der Waals surface area contributed by atoms with Gasteiger partial charge in [0.1, 0.15) is 12.4 Å². The Kier molecular flexibility index (Phi) is 5.45. The van der Waals surface area contributed by atoms with Gasteiger partial charge in [0.25, 0.3) is 6.43 Å². The van der Waals surface area contributed by atoms with Crippen LogP contribution in [0, 0.1) is 6.92 Å². The van der Waals surface area contributed by atoms with E-state index in [1.807, 2.05) is 46.8 Å². The summed E-state index contributed by atoms with van der Waals surface area (Å²) >= 11 is 0. The van der Waals surface area contributed by atoms with Gasteiger partial charge in [0, 0.05) is 11.3 Å². The van der Waals surface area contributed by atoms with Crippen LogP contribution in [0.4, 0.5) is 8.78 Å². The van der Waals surface area contributed by atoms with Crippen molar-refractivity contribution in [1.82, 2.24) is 4.98 Å². The van der Waals surface area contributed by atoms with E-state index in [0.717, 1.165) is 22.5 Å². The Morgan fingerprint density at radius 3 is 2.53 bits per heavy atom. The van der Waals surface area contributed by atoms with Crippen molar-refractivity contribution in [3.63, 3.8) is 0 Å². The van der Waals surface area contributed by atoms with Crippen LogP contribution in [-0.4, -0.2) is 18.0 Å². The molecule has 4 heteroatoms. The summed E-state index contributed by atoms with van der Waals surface area (Å²) in [6.45, 7) is 9.10. The zero-order chi connectivity index (χ0) is 14.6. The highest BCUT2D eigenvalue weighted by molar-refractivity contribution is 5.70. The van der Waals surface area contributed by atoms with Crippen LogP contribution in [-0.2, 0) is 0 Å². The summed E-state index contributed by atoms with van der Waals surface area (Å²) in [6.07, 6.45) is -0.547. The molecule has 0 N–H and O–H groups in total. The minimum atomic E-state index is -2.49. The van der Waals surface area contributed by atoms with Crippen LogP contribution >= 0.6 is 0 Å². The highest BCUT2D eigenvalue weighted by Gasteiger charge is 2.18. The molecule has 0 saturated heterocycles. The molecule has 0 fully saturated rings. The number of aromatic nitrogens is 1.